The van der Waals surface area contributed by atoms with Gasteiger partial charge in [0.15, 0.2) is 11.5 Å². The maximum absolute atomic E-state index is 12.1. The molecule has 4 rings (SSSR count). The fourth-order valence-corrected chi connectivity index (χ4v) is 3.11. The van der Waals surface area contributed by atoms with Gasteiger partial charge in [0, 0.05) is 36.6 Å². The average Bonchev–Trinajstić information content (AvgIpc) is 3.35. The Morgan fingerprint density at radius 1 is 1.18 bits per heavy atom. The van der Waals surface area contributed by atoms with E-state index in [2.05, 4.69) is 35.6 Å². The molecule has 4 aromatic rings. The second-order valence-corrected chi connectivity index (χ2v) is 6.33. The number of hydrogen-bond donors (Lipinski definition) is 4. The smallest absolute Gasteiger partial charge is 0.221 e. The van der Waals surface area contributed by atoms with E-state index in [1.165, 1.54) is 6.33 Å². The van der Waals surface area contributed by atoms with Gasteiger partial charge in [-0.15, -0.1) is 0 Å². The topological polar surface area (TPSA) is 121 Å². The molecule has 144 valence electrons. The minimum absolute atomic E-state index is 0.0140. The summed E-state index contributed by atoms with van der Waals surface area (Å²) < 4.78 is 5.29. The number of hydrogen-bond acceptors (Lipinski definition) is 6. The molecular weight excluding hydrogens is 358 g/mol. The van der Waals surface area contributed by atoms with Crippen molar-refractivity contribution in [2.45, 2.75) is 12.8 Å². The Labute approximate surface area is 160 Å². The van der Waals surface area contributed by atoms with E-state index in [4.69, 9.17) is 4.74 Å². The number of nitrogens with one attached hydrogen (secondary N) is 4. The van der Waals surface area contributed by atoms with Crippen LogP contribution in [0.15, 0.2) is 37.1 Å². The number of imidazole rings is 1. The van der Waals surface area contributed by atoms with Crippen LogP contribution in [0.25, 0.3) is 22.1 Å². The first-order valence-corrected chi connectivity index (χ1v) is 9.03. The maximum Gasteiger partial charge on any atom is 0.221 e. The first-order valence-electron chi connectivity index (χ1n) is 9.03. The standard InChI is InChI=1S/C19H21N7O2/c1-28-13-2-3-15-14(8-13)12(9-22-15)4-6-20-16(27)5-7-21-18-17-19(24-10-23-17)26-11-25-18/h2-3,8-11,22H,4-7H2,1H3,(H,20,27)(H2,21,23,24,25,26). The molecule has 0 aliphatic carbocycles. The molecule has 0 unspecified atom stereocenters. The lowest BCUT2D eigenvalue weighted by molar-refractivity contribution is -0.120. The third kappa shape index (κ3) is 3.73. The van der Waals surface area contributed by atoms with Crippen molar-refractivity contribution in [3.63, 3.8) is 0 Å². The van der Waals surface area contributed by atoms with Crippen molar-refractivity contribution < 1.29 is 9.53 Å². The predicted octanol–water partition coefficient (Wildman–Crippen LogP) is 2.00. The number of carbonyl (C=O) groups excluding carboxylic acids is 1. The van der Waals surface area contributed by atoms with Crippen LogP contribution in [0.3, 0.4) is 0 Å². The second-order valence-electron chi connectivity index (χ2n) is 6.33. The molecular formula is C19H21N7O2. The fraction of sp³-hybridized carbons (Fsp3) is 0.263. The summed E-state index contributed by atoms with van der Waals surface area (Å²) in [6, 6.07) is 5.92. The van der Waals surface area contributed by atoms with Crippen LogP contribution in [0, 0.1) is 0 Å². The lowest BCUT2D eigenvalue weighted by atomic mass is 10.1. The number of fused-ring (bicyclic) bond motifs is 2. The van der Waals surface area contributed by atoms with Crippen LogP contribution in [-0.4, -0.2) is 51.0 Å². The molecule has 4 N–H and O–H groups in total. The van der Waals surface area contributed by atoms with E-state index in [0.717, 1.165) is 34.2 Å². The molecule has 9 heteroatoms. The summed E-state index contributed by atoms with van der Waals surface area (Å²) in [4.78, 5) is 30.7. The molecule has 3 aromatic heterocycles. The minimum Gasteiger partial charge on any atom is -0.497 e. The zero-order chi connectivity index (χ0) is 19.3. The first kappa shape index (κ1) is 17.8. The number of aromatic amines is 2. The molecule has 1 aromatic carbocycles. The van der Waals surface area contributed by atoms with Crippen molar-refractivity contribution in [1.29, 1.82) is 0 Å². The minimum atomic E-state index is -0.0140. The van der Waals surface area contributed by atoms with Crippen LogP contribution in [0.5, 0.6) is 5.75 Å². The van der Waals surface area contributed by atoms with Crippen molar-refractivity contribution in [3.8, 4) is 5.75 Å². The quantitative estimate of drug-likeness (QED) is 0.372. The van der Waals surface area contributed by atoms with Crippen molar-refractivity contribution in [3.05, 3.63) is 42.6 Å². The SMILES string of the molecule is COc1ccc2[nH]cc(CCNC(=O)CCNc3ncnc4nc[nH]c34)c2c1. The molecule has 0 atom stereocenters. The van der Waals surface area contributed by atoms with Crippen molar-refractivity contribution >= 4 is 33.8 Å². The number of aromatic nitrogens is 5. The van der Waals surface area contributed by atoms with Crippen molar-refractivity contribution in [1.82, 2.24) is 30.2 Å². The molecule has 0 spiro atoms. The van der Waals surface area contributed by atoms with Crippen LogP contribution < -0.4 is 15.4 Å². The van der Waals surface area contributed by atoms with Gasteiger partial charge in [0.25, 0.3) is 0 Å². The van der Waals surface area contributed by atoms with Crippen LogP contribution in [0.4, 0.5) is 5.82 Å². The molecule has 0 saturated heterocycles. The monoisotopic (exact) mass is 379 g/mol. The number of H-pyrrole nitrogens is 2. The highest BCUT2D eigenvalue weighted by Crippen LogP contribution is 2.23. The van der Waals surface area contributed by atoms with E-state index in [0.29, 0.717) is 31.0 Å². The third-order valence-electron chi connectivity index (χ3n) is 4.56. The van der Waals surface area contributed by atoms with Gasteiger partial charge in [0.1, 0.15) is 17.6 Å². The highest BCUT2D eigenvalue weighted by Gasteiger charge is 2.08. The number of nitrogens with zero attached hydrogens (tertiary/aromatic N) is 3. The molecule has 0 aliphatic heterocycles. The van der Waals surface area contributed by atoms with E-state index < -0.39 is 0 Å². The van der Waals surface area contributed by atoms with Gasteiger partial charge in [-0.25, -0.2) is 15.0 Å². The molecule has 1 amide bonds. The Morgan fingerprint density at radius 2 is 2.11 bits per heavy atom. The first-order chi connectivity index (χ1) is 13.7. The second kappa shape index (κ2) is 7.95. The predicted molar refractivity (Wildman–Crippen MR) is 106 cm³/mol. The summed E-state index contributed by atoms with van der Waals surface area (Å²) >= 11 is 0. The van der Waals surface area contributed by atoms with Gasteiger partial charge in [0.05, 0.1) is 13.4 Å². The molecule has 0 fully saturated rings. The number of amides is 1. The van der Waals surface area contributed by atoms with Gasteiger partial charge in [-0.2, -0.15) is 0 Å². The number of rotatable bonds is 8. The van der Waals surface area contributed by atoms with Crippen LogP contribution in [0.2, 0.25) is 0 Å². The van der Waals surface area contributed by atoms with Gasteiger partial charge < -0.3 is 25.3 Å². The van der Waals surface area contributed by atoms with E-state index in [9.17, 15) is 4.79 Å². The number of ether oxygens (including phenoxy) is 1. The van der Waals surface area contributed by atoms with Gasteiger partial charge in [-0.1, -0.05) is 0 Å². The van der Waals surface area contributed by atoms with E-state index in [1.807, 2.05) is 24.4 Å². The summed E-state index contributed by atoms with van der Waals surface area (Å²) in [7, 11) is 1.65. The normalized spacial score (nSPS) is 11.0. The highest BCUT2D eigenvalue weighted by atomic mass is 16.5. The number of carbonyl (C=O) groups is 1. The van der Waals surface area contributed by atoms with Crippen molar-refractivity contribution in [2.24, 2.45) is 0 Å². The molecule has 0 saturated carbocycles. The number of anilines is 1. The molecule has 28 heavy (non-hydrogen) atoms. The third-order valence-corrected chi connectivity index (χ3v) is 4.56. The van der Waals surface area contributed by atoms with Crippen LogP contribution >= 0.6 is 0 Å². The Morgan fingerprint density at radius 3 is 3.00 bits per heavy atom. The molecule has 0 aliphatic rings. The average molecular weight is 379 g/mol. The Bertz CT molecular complexity index is 1100. The molecule has 9 nitrogen and oxygen atoms in total. The highest BCUT2D eigenvalue weighted by molar-refractivity contribution is 5.85. The Balaban J connectivity index is 1.25. The fourth-order valence-electron chi connectivity index (χ4n) is 3.11. The number of benzene rings is 1. The van der Waals surface area contributed by atoms with E-state index in [1.54, 1.807) is 13.4 Å². The summed E-state index contributed by atoms with van der Waals surface area (Å²) in [6.45, 7) is 1.04. The summed E-state index contributed by atoms with van der Waals surface area (Å²) in [6.07, 6.45) is 6.08. The van der Waals surface area contributed by atoms with Crippen LogP contribution in [-0.2, 0) is 11.2 Å². The largest absolute Gasteiger partial charge is 0.497 e. The summed E-state index contributed by atoms with van der Waals surface area (Å²) in [5.41, 5.74) is 3.53. The maximum atomic E-state index is 12.1. The van der Waals surface area contributed by atoms with Gasteiger partial charge >= 0.3 is 0 Å². The zero-order valence-corrected chi connectivity index (χ0v) is 15.5. The summed E-state index contributed by atoms with van der Waals surface area (Å²) in [5, 5.41) is 7.21. The lowest BCUT2D eigenvalue weighted by Crippen LogP contribution is -2.27. The summed E-state index contributed by atoms with van der Waals surface area (Å²) in [5.74, 6) is 1.45. The Hall–Kier alpha value is -3.62. The van der Waals surface area contributed by atoms with E-state index >= 15 is 0 Å². The van der Waals surface area contributed by atoms with E-state index in [-0.39, 0.29) is 5.91 Å². The van der Waals surface area contributed by atoms with Crippen LogP contribution in [0.1, 0.15) is 12.0 Å². The van der Waals surface area contributed by atoms with Crippen molar-refractivity contribution in [2.75, 3.05) is 25.5 Å². The van der Waals surface area contributed by atoms with Gasteiger partial charge in [0.2, 0.25) is 5.91 Å². The molecule has 3 heterocycles. The number of methoxy groups -OCH3 is 1. The lowest BCUT2D eigenvalue weighted by Gasteiger charge is -2.07. The zero-order valence-electron chi connectivity index (χ0n) is 15.5. The molecule has 0 bridgehead atoms. The molecule has 0 radical (unpaired) electrons. The van der Waals surface area contributed by atoms with Gasteiger partial charge in [-0.05, 0) is 30.2 Å². The van der Waals surface area contributed by atoms with Gasteiger partial charge in [-0.3, -0.25) is 4.79 Å². The Kier molecular flexibility index (Phi) is 5.05.